The molecule has 0 unspecified atom stereocenters. The van der Waals surface area contributed by atoms with Crippen LogP contribution in [0.2, 0.25) is 0 Å². The Morgan fingerprint density at radius 1 is 1.24 bits per heavy atom. The molecule has 0 heterocycles. The second-order valence-corrected chi connectivity index (χ2v) is 8.82. The predicted molar refractivity (Wildman–Crippen MR) is 121 cm³/mol. The predicted octanol–water partition coefficient (Wildman–Crippen LogP) is 5.14. The van der Waals surface area contributed by atoms with E-state index in [1.807, 2.05) is 50.2 Å². The number of hydrogen-bond acceptors (Lipinski definition) is 3. The van der Waals surface area contributed by atoms with E-state index in [2.05, 4.69) is 71.6 Å². The largest absolute Gasteiger partial charge is 0.489 e. The number of amides is 1. The number of carbonyl (C=O) groups is 1. The Labute approximate surface area is 183 Å². The number of rotatable bonds is 6. The van der Waals surface area contributed by atoms with Gasteiger partial charge < -0.3 is 4.74 Å². The smallest absolute Gasteiger partial charge is 0.244 e. The van der Waals surface area contributed by atoms with E-state index in [0.717, 1.165) is 28.5 Å². The summed E-state index contributed by atoms with van der Waals surface area (Å²) in [6.07, 6.45) is 2.06. The van der Waals surface area contributed by atoms with Crippen molar-refractivity contribution in [3.05, 3.63) is 59.1 Å². The summed E-state index contributed by atoms with van der Waals surface area (Å²) in [7, 11) is 0. The molecule has 0 spiro atoms. The van der Waals surface area contributed by atoms with Crippen LogP contribution in [0.1, 0.15) is 25.0 Å². The zero-order valence-corrected chi connectivity index (χ0v) is 19.6. The third-order valence-electron chi connectivity index (χ3n) is 3.05. The Morgan fingerprint density at radius 2 is 1.84 bits per heavy atom. The highest BCUT2D eigenvalue weighted by Crippen LogP contribution is 2.29. The minimum Gasteiger partial charge on any atom is -0.489 e. The number of nitrogens with one attached hydrogen (secondary N) is 1. The van der Waals surface area contributed by atoms with Crippen LogP contribution >= 0.6 is 61.1 Å². The first kappa shape index (κ1) is 20.6. The summed E-state index contributed by atoms with van der Waals surface area (Å²) in [5.41, 5.74) is 4.41. The van der Waals surface area contributed by atoms with E-state index in [4.69, 9.17) is 4.74 Å². The maximum atomic E-state index is 11.9. The van der Waals surface area contributed by atoms with Crippen molar-refractivity contribution in [1.82, 2.24) is 5.43 Å². The lowest BCUT2D eigenvalue weighted by Gasteiger charge is -2.14. The van der Waals surface area contributed by atoms with Gasteiger partial charge in [-0.05, 0) is 94.4 Å². The fourth-order valence-corrected chi connectivity index (χ4v) is 4.34. The van der Waals surface area contributed by atoms with Crippen molar-refractivity contribution < 1.29 is 9.53 Å². The number of halogens is 3. The molecule has 0 aromatic heterocycles. The van der Waals surface area contributed by atoms with Gasteiger partial charge in [0.1, 0.15) is 5.75 Å². The molecule has 132 valence electrons. The number of hydrazone groups is 1. The summed E-state index contributed by atoms with van der Waals surface area (Å²) < 4.78 is 8.83. The Balaban J connectivity index is 1.97. The Hall–Kier alpha value is -0.680. The van der Waals surface area contributed by atoms with Crippen LogP contribution in [0, 0.1) is 7.14 Å². The third kappa shape index (κ3) is 6.86. The van der Waals surface area contributed by atoms with Crippen molar-refractivity contribution in [3.8, 4) is 5.75 Å². The lowest BCUT2D eigenvalue weighted by Crippen LogP contribution is -2.19. The fourth-order valence-electron chi connectivity index (χ4n) is 2.01. The summed E-state index contributed by atoms with van der Waals surface area (Å²) in [4.78, 5) is 11.9. The van der Waals surface area contributed by atoms with Crippen molar-refractivity contribution in [2.75, 3.05) is 0 Å². The lowest BCUT2D eigenvalue weighted by atomic mass is 10.1. The Bertz CT molecular complexity index is 754. The molecular weight excluding hydrogens is 610 g/mol. The maximum absolute atomic E-state index is 11.9. The lowest BCUT2D eigenvalue weighted by molar-refractivity contribution is -0.120. The molecule has 2 aromatic carbocycles. The van der Waals surface area contributed by atoms with Gasteiger partial charge in [-0.1, -0.05) is 28.1 Å². The van der Waals surface area contributed by atoms with E-state index in [-0.39, 0.29) is 12.0 Å². The van der Waals surface area contributed by atoms with E-state index >= 15 is 0 Å². The van der Waals surface area contributed by atoms with E-state index in [1.165, 1.54) is 0 Å². The molecule has 2 rings (SSSR count). The van der Waals surface area contributed by atoms with E-state index in [0.29, 0.717) is 6.42 Å². The van der Waals surface area contributed by atoms with Crippen molar-refractivity contribution in [1.29, 1.82) is 0 Å². The third-order valence-corrected chi connectivity index (χ3v) is 5.19. The summed E-state index contributed by atoms with van der Waals surface area (Å²) in [5.74, 6) is 0.732. The molecule has 0 radical (unpaired) electrons. The van der Waals surface area contributed by atoms with Gasteiger partial charge in [-0.25, -0.2) is 5.43 Å². The number of ether oxygens (including phenoxy) is 1. The van der Waals surface area contributed by atoms with Crippen molar-refractivity contribution in [2.24, 2.45) is 5.10 Å². The summed E-state index contributed by atoms with van der Waals surface area (Å²) >= 11 is 7.87. The van der Waals surface area contributed by atoms with Crippen LogP contribution in [-0.2, 0) is 11.2 Å². The normalized spacial score (nSPS) is 11.1. The van der Waals surface area contributed by atoms with E-state index < -0.39 is 0 Å². The summed E-state index contributed by atoms with van der Waals surface area (Å²) in [6.45, 7) is 4.00. The van der Waals surface area contributed by atoms with Crippen molar-refractivity contribution in [3.63, 3.8) is 0 Å². The topological polar surface area (TPSA) is 50.7 Å². The number of hydrogen-bond donors (Lipinski definition) is 1. The molecule has 1 amide bonds. The molecule has 0 aliphatic rings. The summed E-state index contributed by atoms with van der Waals surface area (Å²) in [5, 5.41) is 4.05. The molecular formula is C18H17BrI2N2O2. The van der Waals surface area contributed by atoms with Gasteiger partial charge in [0.25, 0.3) is 0 Å². The SMILES string of the molecule is CC(C)Oc1c(I)cc(/C=N/NC(=O)Cc2ccc(Br)cc2)cc1I. The second kappa shape index (κ2) is 9.86. The van der Waals surface area contributed by atoms with Gasteiger partial charge >= 0.3 is 0 Å². The van der Waals surface area contributed by atoms with Crippen LogP contribution in [-0.4, -0.2) is 18.2 Å². The van der Waals surface area contributed by atoms with Crippen molar-refractivity contribution >= 4 is 73.2 Å². The van der Waals surface area contributed by atoms with Crippen LogP contribution in [0.3, 0.4) is 0 Å². The van der Waals surface area contributed by atoms with Gasteiger partial charge in [0.05, 0.1) is 25.9 Å². The molecule has 0 aliphatic carbocycles. The van der Waals surface area contributed by atoms with E-state index in [1.54, 1.807) is 6.21 Å². The molecule has 7 heteroatoms. The molecule has 0 saturated heterocycles. The highest BCUT2D eigenvalue weighted by atomic mass is 127. The minimum atomic E-state index is -0.150. The Morgan fingerprint density at radius 3 is 2.40 bits per heavy atom. The number of nitrogens with zero attached hydrogens (tertiary/aromatic N) is 1. The highest BCUT2D eigenvalue weighted by Gasteiger charge is 2.10. The van der Waals surface area contributed by atoms with Crippen LogP contribution in [0.25, 0.3) is 0 Å². The fraction of sp³-hybridized carbons (Fsp3) is 0.222. The van der Waals surface area contributed by atoms with Gasteiger partial charge in [-0.2, -0.15) is 5.10 Å². The standard InChI is InChI=1S/C18H17BrI2N2O2/c1-11(2)25-18-15(20)7-13(8-16(18)21)10-22-23-17(24)9-12-3-5-14(19)6-4-12/h3-8,10-11H,9H2,1-2H3,(H,23,24)/b22-10+. The first-order chi connectivity index (χ1) is 11.8. The molecule has 0 fully saturated rings. The van der Waals surface area contributed by atoms with Crippen LogP contribution in [0.15, 0.2) is 46.0 Å². The second-order valence-electron chi connectivity index (χ2n) is 5.58. The first-order valence-electron chi connectivity index (χ1n) is 7.57. The van der Waals surface area contributed by atoms with Gasteiger partial charge in [-0.15, -0.1) is 0 Å². The van der Waals surface area contributed by atoms with Gasteiger partial charge in [0.2, 0.25) is 5.91 Å². The minimum absolute atomic E-state index is 0.124. The molecule has 2 aromatic rings. The van der Waals surface area contributed by atoms with Gasteiger partial charge in [-0.3, -0.25) is 4.79 Å². The molecule has 0 saturated carbocycles. The average Bonchev–Trinajstić information content (AvgIpc) is 2.53. The Kier molecular flexibility index (Phi) is 8.14. The summed E-state index contributed by atoms with van der Waals surface area (Å²) in [6, 6.07) is 11.6. The number of carbonyl (C=O) groups excluding carboxylic acids is 1. The van der Waals surface area contributed by atoms with Gasteiger partial charge in [0.15, 0.2) is 0 Å². The molecule has 0 bridgehead atoms. The number of benzene rings is 2. The highest BCUT2D eigenvalue weighted by molar-refractivity contribution is 14.1. The first-order valence-corrected chi connectivity index (χ1v) is 10.5. The zero-order valence-electron chi connectivity index (χ0n) is 13.7. The van der Waals surface area contributed by atoms with Crippen LogP contribution in [0.4, 0.5) is 0 Å². The average molecular weight is 627 g/mol. The van der Waals surface area contributed by atoms with Crippen molar-refractivity contribution in [2.45, 2.75) is 26.4 Å². The monoisotopic (exact) mass is 626 g/mol. The van der Waals surface area contributed by atoms with Crippen LogP contribution in [0.5, 0.6) is 5.75 Å². The molecule has 4 nitrogen and oxygen atoms in total. The molecule has 25 heavy (non-hydrogen) atoms. The molecule has 0 aliphatic heterocycles. The molecule has 1 N–H and O–H groups in total. The van der Waals surface area contributed by atoms with Crippen LogP contribution < -0.4 is 10.2 Å². The van der Waals surface area contributed by atoms with Gasteiger partial charge in [0, 0.05) is 4.47 Å². The van der Waals surface area contributed by atoms with E-state index in [9.17, 15) is 4.79 Å². The molecule has 0 atom stereocenters. The maximum Gasteiger partial charge on any atom is 0.244 e. The quantitative estimate of drug-likeness (QED) is 0.274. The zero-order chi connectivity index (χ0) is 18.4.